The van der Waals surface area contributed by atoms with Crippen LogP contribution in [0.25, 0.3) is 16.7 Å². The van der Waals surface area contributed by atoms with Crippen LogP contribution in [-0.2, 0) is 6.42 Å². The van der Waals surface area contributed by atoms with Crippen LogP contribution in [0.1, 0.15) is 32.4 Å². The van der Waals surface area contributed by atoms with Crippen LogP contribution in [0.15, 0.2) is 29.6 Å². The van der Waals surface area contributed by atoms with Crippen molar-refractivity contribution >= 4 is 16.7 Å². The number of fused-ring (bicyclic) bond motifs is 3. The fourth-order valence-electron chi connectivity index (χ4n) is 2.54. The van der Waals surface area contributed by atoms with Gasteiger partial charge in [-0.15, -0.1) is 0 Å². The van der Waals surface area contributed by atoms with Crippen molar-refractivity contribution in [2.75, 3.05) is 0 Å². The minimum absolute atomic E-state index is 0.0410. The maximum Gasteiger partial charge on any atom is 0.278 e. The molecule has 0 saturated carbocycles. The van der Waals surface area contributed by atoms with Gasteiger partial charge in [-0.05, 0) is 31.9 Å². The largest absolute Gasteiger partial charge is 0.291 e. The second-order valence-corrected chi connectivity index (χ2v) is 4.91. The molecule has 0 N–H and O–H groups in total. The monoisotopic (exact) mass is 256 g/mol. The van der Waals surface area contributed by atoms with Crippen molar-refractivity contribution in [2.24, 2.45) is 0 Å². The van der Waals surface area contributed by atoms with Gasteiger partial charge in [0.2, 0.25) is 0 Å². The number of imidazole rings is 1. The molecule has 0 spiro atoms. The summed E-state index contributed by atoms with van der Waals surface area (Å²) in [6.07, 6.45) is 5.96. The first-order valence-corrected chi connectivity index (χ1v) is 6.49. The van der Waals surface area contributed by atoms with Gasteiger partial charge in [0.25, 0.3) is 5.56 Å². The molecule has 19 heavy (non-hydrogen) atoms. The number of pyridine rings is 1. The van der Waals surface area contributed by atoms with Crippen LogP contribution in [0.4, 0.5) is 0 Å². The number of rotatable bonds is 2. The highest BCUT2D eigenvalue weighted by atomic mass is 16.1. The van der Waals surface area contributed by atoms with Gasteiger partial charge >= 0.3 is 0 Å². The molecule has 0 aromatic carbocycles. The van der Waals surface area contributed by atoms with Gasteiger partial charge in [-0.2, -0.15) is 0 Å². The van der Waals surface area contributed by atoms with Crippen LogP contribution in [0, 0.1) is 0 Å². The number of nitrogens with zero attached hydrogens (tertiary/aromatic N) is 4. The zero-order chi connectivity index (χ0) is 13.6. The average molecular weight is 256 g/mol. The Hall–Kier alpha value is -2.17. The first kappa shape index (κ1) is 11.9. The predicted molar refractivity (Wildman–Crippen MR) is 74.5 cm³/mol. The van der Waals surface area contributed by atoms with Crippen molar-refractivity contribution in [3.63, 3.8) is 0 Å². The first-order chi connectivity index (χ1) is 9.15. The summed E-state index contributed by atoms with van der Waals surface area (Å²) in [4.78, 5) is 21.0. The van der Waals surface area contributed by atoms with Crippen molar-refractivity contribution in [3.05, 3.63) is 40.7 Å². The van der Waals surface area contributed by atoms with E-state index in [0.29, 0.717) is 5.52 Å². The Bertz CT molecular complexity index is 813. The van der Waals surface area contributed by atoms with Crippen LogP contribution in [0.2, 0.25) is 0 Å². The van der Waals surface area contributed by atoms with E-state index in [-0.39, 0.29) is 11.6 Å². The Morgan fingerprint density at radius 3 is 2.84 bits per heavy atom. The highest BCUT2D eigenvalue weighted by molar-refractivity contribution is 5.78. The van der Waals surface area contributed by atoms with Crippen molar-refractivity contribution in [1.82, 2.24) is 18.9 Å². The van der Waals surface area contributed by atoms with Crippen LogP contribution in [-0.4, -0.2) is 18.9 Å². The van der Waals surface area contributed by atoms with Crippen molar-refractivity contribution in [2.45, 2.75) is 33.2 Å². The smallest absolute Gasteiger partial charge is 0.278 e. The van der Waals surface area contributed by atoms with E-state index in [0.717, 1.165) is 17.6 Å². The summed E-state index contributed by atoms with van der Waals surface area (Å²) in [6.45, 7) is 6.09. The summed E-state index contributed by atoms with van der Waals surface area (Å²) in [6, 6.07) is 2.06. The van der Waals surface area contributed by atoms with Crippen LogP contribution in [0.5, 0.6) is 0 Å². The van der Waals surface area contributed by atoms with E-state index in [1.54, 1.807) is 23.3 Å². The summed E-state index contributed by atoms with van der Waals surface area (Å²) in [5, 5.41) is 0. The van der Waals surface area contributed by atoms with E-state index >= 15 is 0 Å². The molecule has 0 aliphatic heterocycles. The molecule has 3 aromatic heterocycles. The Balaban J connectivity index is 2.66. The molecule has 0 aliphatic rings. The Labute approximate surface area is 110 Å². The van der Waals surface area contributed by atoms with E-state index in [4.69, 9.17) is 0 Å². The molecule has 0 bridgehead atoms. The summed E-state index contributed by atoms with van der Waals surface area (Å²) in [5.41, 5.74) is 3.43. The zero-order valence-electron chi connectivity index (χ0n) is 11.3. The minimum atomic E-state index is -0.0410. The Kier molecular flexibility index (Phi) is 2.62. The highest BCUT2D eigenvalue weighted by Crippen LogP contribution is 2.19. The van der Waals surface area contributed by atoms with Crippen molar-refractivity contribution in [1.29, 1.82) is 0 Å². The van der Waals surface area contributed by atoms with Crippen molar-refractivity contribution < 1.29 is 0 Å². The molecule has 0 unspecified atom stereocenters. The topological polar surface area (TPSA) is 52.2 Å². The summed E-state index contributed by atoms with van der Waals surface area (Å²) in [5.74, 6) is 0. The standard InChI is InChI=1S/C14H16N4O/c1-4-10-5-6-16-13-12(10)17-8-15-7-11(17)14(19)18(13)9(2)3/h5-9H,4H2,1-3H3. The lowest BCUT2D eigenvalue weighted by molar-refractivity contribution is 0.595. The molecular formula is C14H16N4O. The molecule has 5 nitrogen and oxygen atoms in total. The van der Waals surface area contributed by atoms with Gasteiger partial charge in [-0.25, -0.2) is 9.97 Å². The summed E-state index contributed by atoms with van der Waals surface area (Å²) < 4.78 is 3.59. The number of hydrogen-bond donors (Lipinski definition) is 0. The fraction of sp³-hybridized carbons (Fsp3) is 0.357. The molecule has 3 rings (SSSR count). The lowest BCUT2D eigenvalue weighted by Gasteiger charge is -2.15. The Morgan fingerprint density at radius 2 is 2.16 bits per heavy atom. The molecule has 0 saturated heterocycles. The van der Waals surface area contributed by atoms with Gasteiger partial charge in [0.1, 0.15) is 5.52 Å². The van der Waals surface area contributed by atoms with Gasteiger partial charge in [0, 0.05) is 12.2 Å². The van der Waals surface area contributed by atoms with E-state index < -0.39 is 0 Å². The number of aromatic nitrogens is 4. The molecule has 0 fully saturated rings. The number of aryl methyl sites for hydroxylation is 1. The van der Waals surface area contributed by atoms with Crippen LogP contribution in [0.3, 0.4) is 0 Å². The predicted octanol–water partition coefficient (Wildman–Crippen LogP) is 2.19. The van der Waals surface area contributed by atoms with Gasteiger partial charge in [0.05, 0.1) is 18.0 Å². The summed E-state index contributed by atoms with van der Waals surface area (Å²) in [7, 11) is 0. The molecule has 0 amide bonds. The molecule has 0 aliphatic carbocycles. The second-order valence-electron chi connectivity index (χ2n) is 4.91. The van der Waals surface area contributed by atoms with E-state index in [1.807, 2.05) is 24.3 Å². The highest BCUT2D eigenvalue weighted by Gasteiger charge is 2.15. The van der Waals surface area contributed by atoms with Gasteiger partial charge in [0.15, 0.2) is 5.65 Å². The number of hydrogen-bond acceptors (Lipinski definition) is 3. The van der Waals surface area contributed by atoms with Gasteiger partial charge in [-0.1, -0.05) is 6.92 Å². The lowest BCUT2D eigenvalue weighted by Crippen LogP contribution is -2.25. The third-order valence-corrected chi connectivity index (χ3v) is 3.43. The lowest BCUT2D eigenvalue weighted by atomic mass is 10.1. The quantitative estimate of drug-likeness (QED) is 0.706. The third kappa shape index (κ3) is 1.58. The average Bonchev–Trinajstić information content (AvgIpc) is 2.87. The maximum atomic E-state index is 12.5. The first-order valence-electron chi connectivity index (χ1n) is 6.49. The normalized spacial score (nSPS) is 11.8. The Morgan fingerprint density at radius 1 is 1.37 bits per heavy atom. The van der Waals surface area contributed by atoms with E-state index in [1.165, 1.54) is 5.56 Å². The molecule has 3 aromatic rings. The van der Waals surface area contributed by atoms with Crippen LogP contribution < -0.4 is 5.56 Å². The molecule has 98 valence electrons. The zero-order valence-corrected chi connectivity index (χ0v) is 11.3. The third-order valence-electron chi connectivity index (χ3n) is 3.43. The SMILES string of the molecule is CCc1ccnc2c1n1cncc1c(=O)n2C(C)C. The maximum absolute atomic E-state index is 12.5. The van der Waals surface area contributed by atoms with Crippen LogP contribution >= 0.6 is 0 Å². The second kappa shape index (κ2) is 4.19. The molecule has 3 heterocycles. The molecule has 5 heteroatoms. The summed E-state index contributed by atoms with van der Waals surface area (Å²) >= 11 is 0. The fourth-order valence-corrected chi connectivity index (χ4v) is 2.54. The molecule has 0 atom stereocenters. The van der Waals surface area contributed by atoms with Crippen molar-refractivity contribution in [3.8, 4) is 0 Å². The van der Waals surface area contributed by atoms with Gasteiger partial charge in [-0.3, -0.25) is 13.8 Å². The minimum Gasteiger partial charge on any atom is -0.291 e. The van der Waals surface area contributed by atoms with Gasteiger partial charge < -0.3 is 0 Å². The molecule has 0 radical (unpaired) electrons. The van der Waals surface area contributed by atoms with E-state index in [9.17, 15) is 4.79 Å². The van der Waals surface area contributed by atoms with E-state index in [2.05, 4.69) is 16.9 Å². The molecular weight excluding hydrogens is 240 g/mol.